The van der Waals surface area contributed by atoms with Crippen molar-refractivity contribution in [2.75, 3.05) is 24.5 Å². The molecule has 0 amide bonds. The summed E-state index contributed by atoms with van der Waals surface area (Å²) in [4.78, 5) is 2.28. The lowest BCUT2D eigenvalue weighted by Crippen LogP contribution is -2.23. The fourth-order valence-corrected chi connectivity index (χ4v) is 3.31. The number of unbranched alkanes of at least 4 members (excludes halogenated alkanes) is 4. The monoisotopic (exact) mass is 340 g/mol. The van der Waals surface area contributed by atoms with E-state index >= 15 is 0 Å². The van der Waals surface area contributed by atoms with Gasteiger partial charge in [-0.2, -0.15) is 4.31 Å². The Morgan fingerprint density at radius 1 is 0.870 bits per heavy atom. The van der Waals surface area contributed by atoms with Crippen molar-refractivity contribution in [3.05, 3.63) is 29.8 Å². The Hall–Kier alpha value is -1.07. The van der Waals surface area contributed by atoms with Gasteiger partial charge in [0.1, 0.15) is 0 Å². The number of benzene rings is 1. The van der Waals surface area contributed by atoms with Gasteiger partial charge >= 0.3 is 0 Å². The third-order valence-corrected chi connectivity index (χ3v) is 4.98. The van der Waals surface area contributed by atoms with Gasteiger partial charge in [-0.25, -0.2) is 8.42 Å². The van der Waals surface area contributed by atoms with Crippen LogP contribution in [0.4, 0.5) is 5.69 Å². The molecular formula is C18H32N2O2S. The van der Waals surface area contributed by atoms with Crippen molar-refractivity contribution in [1.29, 1.82) is 0 Å². The van der Waals surface area contributed by atoms with E-state index in [0.717, 1.165) is 31.5 Å². The Morgan fingerprint density at radius 2 is 1.48 bits per heavy atom. The van der Waals surface area contributed by atoms with Crippen LogP contribution in [0.5, 0.6) is 0 Å². The zero-order chi connectivity index (χ0) is 17.1. The summed E-state index contributed by atoms with van der Waals surface area (Å²) < 4.78 is 24.5. The molecular weight excluding hydrogens is 308 g/mol. The van der Waals surface area contributed by atoms with E-state index in [0.29, 0.717) is 13.1 Å². The quantitative estimate of drug-likeness (QED) is 0.464. The number of hydrogen-bond donors (Lipinski definition) is 1. The first-order valence-corrected chi connectivity index (χ1v) is 9.98. The molecule has 0 aliphatic carbocycles. The molecule has 0 heterocycles. The number of thiol groups is 1. The third kappa shape index (κ3) is 7.36. The average Bonchev–Trinajstić information content (AvgIpc) is 2.56. The van der Waals surface area contributed by atoms with Crippen LogP contribution in [-0.2, 0) is 17.4 Å². The summed E-state index contributed by atoms with van der Waals surface area (Å²) in [5.74, 6) is 0. The summed E-state index contributed by atoms with van der Waals surface area (Å²) in [7, 11) is -2.52. The standard InChI is InChI=1S/C18H32N2O2S/c1-4-7-8-9-10-15-20(23(21)22)16-17-11-13-18(14-12-17)19(5-2)6-3/h11-14,23H,4-10,15-16H2,1-3H3. The predicted octanol–water partition coefficient (Wildman–Crippen LogP) is 3.83. The van der Waals surface area contributed by atoms with Gasteiger partial charge in [0.25, 0.3) is 0 Å². The van der Waals surface area contributed by atoms with Crippen LogP contribution in [0.2, 0.25) is 0 Å². The molecule has 0 atom stereocenters. The summed E-state index contributed by atoms with van der Waals surface area (Å²) in [5, 5.41) is 0. The molecule has 5 heteroatoms. The van der Waals surface area contributed by atoms with Gasteiger partial charge in [-0.15, -0.1) is 0 Å². The lowest BCUT2D eigenvalue weighted by atomic mass is 10.1. The molecule has 1 rings (SSSR count). The minimum Gasteiger partial charge on any atom is -0.372 e. The van der Waals surface area contributed by atoms with E-state index in [1.165, 1.54) is 24.9 Å². The fourth-order valence-electron chi connectivity index (χ4n) is 2.73. The van der Waals surface area contributed by atoms with Crippen LogP contribution in [-0.4, -0.2) is 32.4 Å². The maximum atomic E-state index is 11.4. The van der Waals surface area contributed by atoms with Crippen LogP contribution in [0.3, 0.4) is 0 Å². The van der Waals surface area contributed by atoms with E-state index in [9.17, 15) is 8.42 Å². The van der Waals surface area contributed by atoms with Crippen LogP contribution < -0.4 is 4.90 Å². The first-order valence-electron chi connectivity index (χ1n) is 8.85. The average molecular weight is 341 g/mol. The first kappa shape index (κ1) is 20.0. The fraction of sp³-hybridized carbons (Fsp3) is 0.667. The Bertz CT molecular complexity index is 488. The summed E-state index contributed by atoms with van der Waals surface area (Å²) in [6, 6.07) is 8.24. The van der Waals surface area contributed by atoms with Gasteiger partial charge in [0, 0.05) is 31.9 Å². The molecule has 1 aromatic carbocycles. The smallest absolute Gasteiger partial charge is 0.204 e. The highest BCUT2D eigenvalue weighted by Gasteiger charge is 2.09. The third-order valence-electron chi connectivity index (χ3n) is 4.18. The number of anilines is 1. The number of nitrogens with zero attached hydrogens (tertiary/aromatic N) is 2. The second-order valence-corrected chi connectivity index (χ2v) is 6.92. The minimum absolute atomic E-state index is 0.477. The molecule has 132 valence electrons. The molecule has 0 N–H and O–H groups in total. The van der Waals surface area contributed by atoms with E-state index < -0.39 is 10.9 Å². The van der Waals surface area contributed by atoms with Gasteiger partial charge in [-0.05, 0) is 38.0 Å². The lowest BCUT2D eigenvalue weighted by Gasteiger charge is -2.21. The molecule has 4 nitrogen and oxygen atoms in total. The van der Waals surface area contributed by atoms with Gasteiger partial charge in [-0.1, -0.05) is 44.7 Å². The molecule has 0 unspecified atom stereocenters. The molecule has 0 aliphatic rings. The van der Waals surface area contributed by atoms with Crippen molar-refractivity contribution in [2.45, 2.75) is 59.4 Å². The summed E-state index contributed by atoms with van der Waals surface area (Å²) >= 11 is 0. The maximum Gasteiger partial charge on any atom is 0.204 e. The van der Waals surface area contributed by atoms with Gasteiger partial charge in [-0.3, -0.25) is 0 Å². The maximum absolute atomic E-state index is 11.4. The molecule has 0 aliphatic heterocycles. The molecule has 0 spiro atoms. The van der Waals surface area contributed by atoms with Crippen molar-refractivity contribution in [1.82, 2.24) is 4.31 Å². The zero-order valence-electron chi connectivity index (χ0n) is 14.8. The molecule has 0 saturated carbocycles. The van der Waals surface area contributed by atoms with E-state index in [-0.39, 0.29) is 0 Å². The van der Waals surface area contributed by atoms with Crippen molar-refractivity contribution in [3.63, 3.8) is 0 Å². The van der Waals surface area contributed by atoms with Crippen molar-refractivity contribution in [2.24, 2.45) is 0 Å². The summed E-state index contributed by atoms with van der Waals surface area (Å²) in [6.45, 7) is 9.52. The van der Waals surface area contributed by atoms with Gasteiger partial charge in [0.05, 0.1) is 0 Å². The van der Waals surface area contributed by atoms with Crippen LogP contribution in [0, 0.1) is 0 Å². The van der Waals surface area contributed by atoms with E-state index in [2.05, 4.69) is 37.8 Å². The summed E-state index contributed by atoms with van der Waals surface area (Å²) in [5.41, 5.74) is 2.24. The van der Waals surface area contributed by atoms with E-state index in [1.807, 2.05) is 12.1 Å². The minimum atomic E-state index is -2.52. The van der Waals surface area contributed by atoms with E-state index in [4.69, 9.17) is 0 Å². The van der Waals surface area contributed by atoms with Crippen LogP contribution in [0.15, 0.2) is 24.3 Å². The Balaban J connectivity index is 2.56. The molecule has 0 fully saturated rings. The molecule has 0 saturated heterocycles. The Morgan fingerprint density at radius 3 is 2.00 bits per heavy atom. The second kappa shape index (κ2) is 11.5. The zero-order valence-corrected chi connectivity index (χ0v) is 15.7. The normalized spacial score (nSPS) is 11.3. The van der Waals surface area contributed by atoms with Crippen molar-refractivity contribution < 1.29 is 8.42 Å². The topological polar surface area (TPSA) is 40.6 Å². The van der Waals surface area contributed by atoms with E-state index in [1.54, 1.807) is 4.31 Å². The number of hydrogen-bond acceptors (Lipinski definition) is 3. The molecule has 0 bridgehead atoms. The summed E-state index contributed by atoms with van der Waals surface area (Å²) in [6.07, 6.45) is 5.68. The molecule has 0 radical (unpaired) electrons. The van der Waals surface area contributed by atoms with Gasteiger partial charge in [0.2, 0.25) is 10.9 Å². The van der Waals surface area contributed by atoms with Crippen LogP contribution in [0.25, 0.3) is 0 Å². The van der Waals surface area contributed by atoms with Crippen LogP contribution in [0.1, 0.15) is 58.4 Å². The Labute approximate surface area is 143 Å². The first-order chi connectivity index (χ1) is 11.1. The molecule has 23 heavy (non-hydrogen) atoms. The van der Waals surface area contributed by atoms with Crippen molar-refractivity contribution in [3.8, 4) is 0 Å². The predicted molar refractivity (Wildman–Crippen MR) is 99.5 cm³/mol. The Kier molecular flexibility index (Phi) is 9.96. The SMILES string of the molecule is CCCCCCCN(Cc1ccc(N(CC)CC)cc1)[SH](=O)=O. The molecule has 1 aromatic rings. The highest BCUT2D eigenvalue weighted by molar-refractivity contribution is 7.69. The van der Waals surface area contributed by atoms with Crippen LogP contribution >= 0.6 is 0 Å². The largest absolute Gasteiger partial charge is 0.372 e. The molecule has 0 aromatic heterocycles. The van der Waals surface area contributed by atoms with Gasteiger partial charge < -0.3 is 4.90 Å². The highest BCUT2D eigenvalue weighted by Crippen LogP contribution is 2.16. The van der Waals surface area contributed by atoms with Gasteiger partial charge in [0.15, 0.2) is 0 Å². The lowest BCUT2D eigenvalue weighted by molar-refractivity contribution is 0.404. The second-order valence-electron chi connectivity index (χ2n) is 5.88. The van der Waals surface area contributed by atoms with Crippen molar-refractivity contribution >= 4 is 16.6 Å². The number of rotatable bonds is 12. The highest BCUT2D eigenvalue weighted by atomic mass is 32.2.